The van der Waals surface area contributed by atoms with Crippen molar-refractivity contribution >= 4 is 10.0 Å². The molecular weight excluding hydrogens is 312 g/mol. The topological polar surface area (TPSA) is 78.1 Å². The fourth-order valence-electron chi connectivity index (χ4n) is 2.75. The summed E-state index contributed by atoms with van der Waals surface area (Å²) in [6, 6.07) is 7.14. The van der Waals surface area contributed by atoms with Gasteiger partial charge in [0.15, 0.2) is 0 Å². The summed E-state index contributed by atoms with van der Waals surface area (Å²) in [5.74, 6) is 0.884. The van der Waals surface area contributed by atoms with Crippen molar-refractivity contribution in [1.82, 2.24) is 19.6 Å². The molecule has 1 fully saturated rings. The van der Waals surface area contributed by atoms with Gasteiger partial charge < -0.3 is 10.3 Å². The van der Waals surface area contributed by atoms with Crippen LogP contribution in [-0.4, -0.2) is 35.8 Å². The summed E-state index contributed by atoms with van der Waals surface area (Å²) < 4.78 is 26.7. The Kier molecular flexibility index (Phi) is 5.09. The van der Waals surface area contributed by atoms with Crippen molar-refractivity contribution in [3.8, 4) is 0 Å². The van der Waals surface area contributed by atoms with Crippen LogP contribution in [0, 0.1) is 0 Å². The zero-order valence-corrected chi connectivity index (χ0v) is 13.8. The van der Waals surface area contributed by atoms with Crippen molar-refractivity contribution in [2.24, 2.45) is 0 Å². The number of nitrogens with one attached hydrogen (secondary N) is 2. The van der Waals surface area contributed by atoms with Crippen molar-refractivity contribution < 1.29 is 8.42 Å². The Hall–Kier alpha value is -1.70. The molecule has 2 N–H and O–H groups in total. The molecule has 1 saturated heterocycles. The van der Waals surface area contributed by atoms with Crippen LogP contribution in [0.1, 0.15) is 30.7 Å². The average Bonchev–Trinajstić information content (AvgIpc) is 3.10. The molecule has 1 aliphatic rings. The number of hydrogen-bond donors (Lipinski definition) is 2. The molecule has 2 heterocycles. The Morgan fingerprint density at radius 3 is 2.48 bits per heavy atom. The normalized spacial score (nSPS) is 16.5. The molecule has 0 bridgehead atoms. The molecule has 1 aromatic heterocycles. The highest BCUT2D eigenvalue weighted by atomic mass is 32.2. The summed E-state index contributed by atoms with van der Waals surface area (Å²) in [5.41, 5.74) is 1.05. The van der Waals surface area contributed by atoms with Crippen LogP contribution in [0.25, 0.3) is 0 Å². The van der Waals surface area contributed by atoms with E-state index >= 15 is 0 Å². The number of nitrogens with zero attached hydrogens (tertiary/aromatic N) is 2. The summed E-state index contributed by atoms with van der Waals surface area (Å²) in [5, 5.41) is 3.27. The van der Waals surface area contributed by atoms with Crippen LogP contribution in [-0.2, 0) is 23.1 Å². The molecule has 0 aliphatic carbocycles. The van der Waals surface area contributed by atoms with Crippen LogP contribution in [0.2, 0.25) is 0 Å². The standard InChI is InChI=1S/C16H22N4O2S/c21-23(22,20-10-2-1-3-11-20)15-6-4-14(5-7-15)12-17-13-16-18-8-9-19-16/h4-9,17H,1-3,10-13H2,(H,18,19). The second-order valence-electron chi connectivity index (χ2n) is 5.75. The minimum atomic E-state index is -3.34. The number of hydrogen-bond acceptors (Lipinski definition) is 4. The second kappa shape index (κ2) is 7.25. The molecule has 3 rings (SSSR count). The minimum Gasteiger partial charge on any atom is -0.348 e. The first-order valence-corrected chi connectivity index (χ1v) is 9.38. The first-order chi connectivity index (χ1) is 11.2. The third-order valence-corrected chi connectivity index (χ3v) is 5.97. The molecule has 0 unspecified atom stereocenters. The zero-order chi connectivity index (χ0) is 16.1. The molecule has 6 nitrogen and oxygen atoms in total. The quantitative estimate of drug-likeness (QED) is 0.845. The van der Waals surface area contributed by atoms with Crippen molar-refractivity contribution in [3.05, 3.63) is 48.0 Å². The third kappa shape index (κ3) is 3.99. The van der Waals surface area contributed by atoms with Gasteiger partial charge in [0.25, 0.3) is 0 Å². The van der Waals surface area contributed by atoms with Gasteiger partial charge in [-0.1, -0.05) is 18.6 Å². The van der Waals surface area contributed by atoms with Crippen molar-refractivity contribution in [3.63, 3.8) is 0 Å². The van der Waals surface area contributed by atoms with Gasteiger partial charge in [0.05, 0.1) is 11.4 Å². The summed E-state index contributed by atoms with van der Waals surface area (Å²) in [6.07, 6.45) is 6.53. The maximum absolute atomic E-state index is 12.6. The Morgan fingerprint density at radius 2 is 1.83 bits per heavy atom. The van der Waals surface area contributed by atoms with Gasteiger partial charge in [0, 0.05) is 32.0 Å². The number of rotatable bonds is 6. The molecule has 124 valence electrons. The Balaban J connectivity index is 1.59. The molecule has 0 atom stereocenters. The molecule has 1 aliphatic heterocycles. The molecule has 7 heteroatoms. The monoisotopic (exact) mass is 334 g/mol. The number of piperidine rings is 1. The summed E-state index contributed by atoms with van der Waals surface area (Å²) in [7, 11) is -3.34. The number of aromatic nitrogens is 2. The summed E-state index contributed by atoms with van der Waals surface area (Å²) in [4.78, 5) is 7.56. The van der Waals surface area contributed by atoms with Gasteiger partial charge >= 0.3 is 0 Å². The minimum absolute atomic E-state index is 0.384. The maximum Gasteiger partial charge on any atom is 0.243 e. The van der Waals surface area contributed by atoms with Crippen LogP contribution in [0.4, 0.5) is 0 Å². The number of benzene rings is 1. The molecule has 2 aromatic rings. The average molecular weight is 334 g/mol. The fraction of sp³-hybridized carbons (Fsp3) is 0.438. The number of H-pyrrole nitrogens is 1. The summed E-state index contributed by atoms with van der Waals surface area (Å²) >= 11 is 0. The van der Waals surface area contributed by atoms with Gasteiger partial charge in [-0.05, 0) is 30.5 Å². The lowest BCUT2D eigenvalue weighted by molar-refractivity contribution is 0.346. The molecule has 0 radical (unpaired) electrons. The lowest BCUT2D eigenvalue weighted by Gasteiger charge is -2.25. The number of aromatic amines is 1. The van der Waals surface area contributed by atoms with E-state index in [1.165, 1.54) is 0 Å². The predicted molar refractivity (Wildman–Crippen MR) is 88.2 cm³/mol. The zero-order valence-electron chi connectivity index (χ0n) is 13.0. The molecule has 1 aromatic carbocycles. The third-order valence-electron chi connectivity index (χ3n) is 4.05. The first kappa shape index (κ1) is 16.2. The van der Waals surface area contributed by atoms with E-state index in [-0.39, 0.29) is 0 Å². The highest BCUT2D eigenvalue weighted by Gasteiger charge is 2.25. The van der Waals surface area contributed by atoms with E-state index in [1.807, 2.05) is 12.1 Å². The lowest BCUT2D eigenvalue weighted by Crippen LogP contribution is -2.35. The Bertz CT molecular complexity index is 705. The van der Waals surface area contributed by atoms with Gasteiger partial charge in [-0.3, -0.25) is 0 Å². The molecule has 0 spiro atoms. The van der Waals surface area contributed by atoms with Crippen molar-refractivity contribution in [1.29, 1.82) is 0 Å². The van der Waals surface area contributed by atoms with Crippen LogP contribution in [0.3, 0.4) is 0 Å². The van der Waals surface area contributed by atoms with E-state index in [1.54, 1.807) is 28.8 Å². The SMILES string of the molecule is O=S(=O)(c1ccc(CNCc2ncc[nH]2)cc1)N1CCCCC1. The molecule has 0 saturated carbocycles. The van der Waals surface area contributed by atoms with Gasteiger partial charge in [0.2, 0.25) is 10.0 Å². The predicted octanol–water partition coefficient (Wildman–Crippen LogP) is 1.87. The highest BCUT2D eigenvalue weighted by molar-refractivity contribution is 7.89. The van der Waals surface area contributed by atoms with Crippen LogP contribution in [0.5, 0.6) is 0 Å². The van der Waals surface area contributed by atoms with E-state index in [2.05, 4.69) is 15.3 Å². The maximum atomic E-state index is 12.6. The summed E-state index contributed by atoms with van der Waals surface area (Å²) in [6.45, 7) is 2.59. The smallest absolute Gasteiger partial charge is 0.243 e. The molecule has 23 heavy (non-hydrogen) atoms. The highest BCUT2D eigenvalue weighted by Crippen LogP contribution is 2.20. The second-order valence-corrected chi connectivity index (χ2v) is 7.69. The van der Waals surface area contributed by atoms with Crippen LogP contribution >= 0.6 is 0 Å². The van der Waals surface area contributed by atoms with Gasteiger partial charge in [-0.15, -0.1) is 0 Å². The van der Waals surface area contributed by atoms with E-state index in [9.17, 15) is 8.42 Å². The van der Waals surface area contributed by atoms with Crippen molar-refractivity contribution in [2.75, 3.05) is 13.1 Å². The van der Waals surface area contributed by atoms with Crippen molar-refractivity contribution in [2.45, 2.75) is 37.2 Å². The molecular formula is C16H22N4O2S. The van der Waals surface area contributed by atoms with E-state index in [4.69, 9.17) is 0 Å². The van der Waals surface area contributed by atoms with Crippen LogP contribution in [0.15, 0.2) is 41.6 Å². The fourth-order valence-corrected chi connectivity index (χ4v) is 4.27. The first-order valence-electron chi connectivity index (χ1n) is 7.94. The Morgan fingerprint density at radius 1 is 1.09 bits per heavy atom. The molecule has 0 amide bonds. The van der Waals surface area contributed by atoms with Gasteiger partial charge in [-0.25, -0.2) is 13.4 Å². The van der Waals surface area contributed by atoms with Crippen LogP contribution < -0.4 is 5.32 Å². The Labute approximate surface area is 137 Å². The van der Waals surface area contributed by atoms with E-state index < -0.39 is 10.0 Å². The number of sulfonamides is 1. The van der Waals surface area contributed by atoms with E-state index in [0.29, 0.717) is 31.1 Å². The van der Waals surface area contributed by atoms with Gasteiger partial charge in [-0.2, -0.15) is 4.31 Å². The number of imidazole rings is 1. The van der Waals surface area contributed by atoms with E-state index in [0.717, 1.165) is 30.7 Å². The van der Waals surface area contributed by atoms with Gasteiger partial charge in [0.1, 0.15) is 5.82 Å². The lowest BCUT2D eigenvalue weighted by atomic mass is 10.2. The largest absolute Gasteiger partial charge is 0.348 e.